The van der Waals surface area contributed by atoms with E-state index in [2.05, 4.69) is 22.8 Å². The average molecular weight is 455 g/mol. The van der Waals surface area contributed by atoms with E-state index >= 15 is 0 Å². The number of hydrogen-bond donors (Lipinski definition) is 3. The minimum atomic E-state index is -1.39. The lowest BCUT2D eigenvalue weighted by Crippen LogP contribution is -2.51. The van der Waals surface area contributed by atoms with Crippen LogP contribution in [-0.2, 0) is 19.1 Å². The number of nitrogens with one attached hydrogen (secondary N) is 2. The first-order valence-corrected chi connectivity index (χ1v) is 11.0. The molecule has 1 aliphatic carbocycles. The van der Waals surface area contributed by atoms with E-state index in [-0.39, 0.29) is 25.5 Å². The Kier molecular flexibility index (Phi) is 7.71. The number of carboxylic acids is 1. The first kappa shape index (κ1) is 24.3. The third-order valence-electron chi connectivity index (χ3n) is 5.62. The maximum atomic E-state index is 12.4. The van der Waals surface area contributed by atoms with Gasteiger partial charge in [-0.1, -0.05) is 48.5 Å². The van der Waals surface area contributed by atoms with Crippen LogP contribution in [0.3, 0.4) is 0 Å². The third-order valence-corrected chi connectivity index (χ3v) is 5.62. The molecular weight excluding hydrogens is 424 g/mol. The maximum absolute atomic E-state index is 12.4. The third kappa shape index (κ3) is 5.90. The van der Waals surface area contributed by atoms with Crippen molar-refractivity contribution in [2.75, 3.05) is 19.8 Å². The smallest absolute Gasteiger partial charge is 0.407 e. The lowest BCUT2D eigenvalue weighted by atomic mass is 9.98. The van der Waals surface area contributed by atoms with Gasteiger partial charge in [0.2, 0.25) is 5.91 Å². The van der Waals surface area contributed by atoms with Gasteiger partial charge >= 0.3 is 12.1 Å². The van der Waals surface area contributed by atoms with Gasteiger partial charge in [-0.15, -0.1) is 0 Å². The SMILES string of the molecule is CCOC(CNC(=O)OCC1c2ccccc2-c2ccccc21)CC(=O)NC(C)(C)C(=O)O. The molecule has 176 valence electrons. The fourth-order valence-corrected chi connectivity index (χ4v) is 3.93. The van der Waals surface area contributed by atoms with Crippen molar-refractivity contribution in [3.63, 3.8) is 0 Å². The number of carboxylic acid groups (broad SMARTS) is 1. The number of aliphatic carboxylic acids is 1. The lowest BCUT2D eigenvalue weighted by Gasteiger charge is -2.23. The number of ether oxygens (including phenoxy) is 2. The summed E-state index contributed by atoms with van der Waals surface area (Å²) in [5.74, 6) is -1.66. The first-order valence-electron chi connectivity index (χ1n) is 11.0. The topological polar surface area (TPSA) is 114 Å². The Labute approximate surface area is 193 Å². The molecule has 2 aromatic rings. The number of amides is 2. The largest absolute Gasteiger partial charge is 0.480 e. The van der Waals surface area contributed by atoms with E-state index in [4.69, 9.17) is 14.6 Å². The van der Waals surface area contributed by atoms with Gasteiger partial charge in [-0.25, -0.2) is 9.59 Å². The van der Waals surface area contributed by atoms with Gasteiger partial charge in [0.05, 0.1) is 12.5 Å². The van der Waals surface area contributed by atoms with E-state index in [0.29, 0.717) is 6.61 Å². The zero-order valence-corrected chi connectivity index (χ0v) is 19.1. The fraction of sp³-hybridized carbons (Fsp3) is 0.400. The molecule has 3 rings (SSSR count). The molecule has 1 atom stereocenters. The summed E-state index contributed by atoms with van der Waals surface area (Å²) in [6, 6.07) is 16.2. The van der Waals surface area contributed by atoms with Gasteiger partial charge in [0.15, 0.2) is 0 Å². The van der Waals surface area contributed by atoms with Gasteiger partial charge in [-0.2, -0.15) is 0 Å². The van der Waals surface area contributed by atoms with Crippen molar-refractivity contribution in [1.82, 2.24) is 10.6 Å². The highest BCUT2D eigenvalue weighted by atomic mass is 16.5. The molecule has 8 heteroatoms. The molecular formula is C25H30N2O6. The fourth-order valence-electron chi connectivity index (χ4n) is 3.93. The van der Waals surface area contributed by atoms with Crippen molar-refractivity contribution in [2.24, 2.45) is 0 Å². The van der Waals surface area contributed by atoms with Gasteiger partial charge in [-0.3, -0.25) is 4.79 Å². The summed E-state index contributed by atoms with van der Waals surface area (Å²) in [7, 11) is 0. The summed E-state index contributed by atoms with van der Waals surface area (Å²) in [5, 5.41) is 14.3. The van der Waals surface area contributed by atoms with E-state index in [9.17, 15) is 14.4 Å². The molecule has 1 unspecified atom stereocenters. The molecule has 0 saturated heterocycles. The predicted octanol–water partition coefficient (Wildman–Crippen LogP) is 3.30. The Morgan fingerprint density at radius 1 is 1.03 bits per heavy atom. The van der Waals surface area contributed by atoms with E-state index in [1.165, 1.54) is 13.8 Å². The van der Waals surface area contributed by atoms with Crippen LogP contribution in [0, 0.1) is 0 Å². The van der Waals surface area contributed by atoms with E-state index in [1.54, 1.807) is 6.92 Å². The van der Waals surface area contributed by atoms with Gasteiger partial charge in [0.1, 0.15) is 12.1 Å². The molecule has 1 aliphatic rings. The molecule has 0 fully saturated rings. The van der Waals surface area contributed by atoms with Gasteiger partial charge in [-0.05, 0) is 43.0 Å². The van der Waals surface area contributed by atoms with Crippen molar-refractivity contribution >= 4 is 18.0 Å². The maximum Gasteiger partial charge on any atom is 0.407 e. The quantitative estimate of drug-likeness (QED) is 0.508. The number of hydrogen-bond acceptors (Lipinski definition) is 5. The molecule has 3 N–H and O–H groups in total. The Bertz CT molecular complexity index is 974. The van der Waals surface area contributed by atoms with Crippen LogP contribution in [0.2, 0.25) is 0 Å². The van der Waals surface area contributed by atoms with Crippen LogP contribution in [-0.4, -0.2) is 54.5 Å². The highest BCUT2D eigenvalue weighted by molar-refractivity contribution is 5.86. The van der Waals surface area contributed by atoms with Crippen LogP contribution in [0.15, 0.2) is 48.5 Å². The van der Waals surface area contributed by atoms with Crippen molar-refractivity contribution in [1.29, 1.82) is 0 Å². The average Bonchev–Trinajstić information content (AvgIpc) is 3.09. The second kappa shape index (κ2) is 10.5. The Balaban J connectivity index is 1.54. The molecule has 0 saturated carbocycles. The lowest BCUT2D eigenvalue weighted by molar-refractivity contribution is -0.146. The first-order chi connectivity index (χ1) is 15.7. The highest BCUT2D eigenvalue weighted by Gasteiger charge is 2.31. The molecule has 2 amide bonds. The van der Waals surface area contributed by atoms with Gasteiger partial charge in [0.25, 0.3) is 0 Å². The molecule has 0 aromatic heterocycles. The second-order valence-corrected chi connectivity index (χ2v) is 8.47. The van der Waals surface area contributed by atoms with Crippen LogP contribution >= 0.6 is 0 Å². The number of fused-ring (bicyclic) bond motifs is 3. The summed E-state index contributed by atoms with van der Waals surface area (Å²) in [6.45, 7) is 5.17. The highest BCUT2D eigenvalue weighted by Crippen LogP contribution is 2.44. The zero-order valence-electron chi connectivity index (χ0n) is 19.1. The van der Waals surface area contributed by atoms with E-state index < -0.39 is 29.6 Å². The summed E-state index contributed by atoms with van der Waals surface area (Å²) in [4.78, 5) is 35.8. The van der Waals surface area contributed by atoms with Crippen molar-refractivity contribution in [3.8, 4) is 11.1 Å². The van der Waals surface area contributed by atoms with Crippen LogP contribution < -0.4 is 10.6 Å². The number of benzene rings is 2. The monoisotopic (exact) mass is 454 g/mol. The van der Waals surface area contributed by atoms with Crippen molar-refractivity contribution < 1.29 is 29.0 Å². The molecule has 0 radical (unpaired) electrons. The number of alkyl carbamates (subject to hydrolysis) is 1. The normalized spacial score (nSPS) is 13.5. The molecule has 0 heterocycles. The van der Waals surface area contributed by atoms with Crippen molar-refractivity contribution in [2.45, 2.75) is 44.8 Å². The van der Waals surface area contributed by atoms with E-state index in [0.717, 1.165) is 22.3 Å². The molecule has 8 nitrogen and oxygen atoms in total. The summed E-state index contributed by atoms with van der Waals surface area (Å²) in [6.07, 6.45) is -1.30. The van der Waals surface area contributed by atoms with E-state index in [1.807, 2.05) is 36.4 Å². The van der Waals surface area contributed by atoms with Crippen LogP contribution in [0.25, 0.3) is 11.1 Å². The summed E-state index contributed by atoms with van der Waals surface area (Å²) in [5.41, 5.74) is 3.14. The molecule has 0 bridgehead atoms. The number of carbonyl (C=O) groups is 3. The number of rotatable bonds is 10. The van der Waals surface area contributed by atoms with Crippen LogP contribution in [0.4, 0.5) is 4.79 Å². The predicted molar refractivity (Wildman–Crippen MR) is 123 cm³/mol. The zero-order chi connectivity index (χ0) is 24.0. The number of carbonyl (C=O) groups excluding carboxylic acids is 2. The minimum Gasteiger partial charge on any atom is -0.480 e. The second-order valence-electron chi connectivity index (χ2n) is 8.47. The Hall–Kier alpha value is -3.39. The Morgan fingerprint density at radius 3 is 2.15 bits per heavy atom. The van der Waals surface area contributed by atoms with Crippen LogP contribution in [0.5, 0.6) is 0 Å². The summed E-state index contributed by atoms with van der Waals surface area (Å²) >= 11 is 0. The Morgan fingerprint density at radius 2 is 1.61 bits per heavy atom. The molecule has 2 aromatic carbocycles. The van der Waals surface area contributed by atoms with Crippen LogP contribution in [0.1, 0.15) is 44.2 Å². The minimum absolute atomic E-state index is 0.0464. The molecule has 0 aliphatic heterocycles. The van der Waals surface area contributed by atoms with Crippen molar-refractivity contribution in [3.05, 3.63) is 59.7 Å². The molecule has 0 spiro atoms. The van der Waals surface area contributed by atoms with Gasteiger partial charge in [0, 0.05) is 19.1 Å². The van der Waals surface area contributed by atoms with Gasteiger partial charge < -0.3 is 25.2 Å². The summed E-state index contributed by atoms with van der Waals surface area (Å²) < 4.78 is 11.0. The standard InChI is InChI=1S/C25H30N2O6/c1-4-32-16(13-22(28)27-25(2,3)23(29)30)14-26-24(31)33-15-21-19-11-7-5-9-17(19)18-10-6-8-12-20(18)21/h5-12,16,21H,4,13-15H2,1-3H3,(H,26,31)(H,27,28)(H,29,30). The molecule has 33 heavy (non-hydrogen) atoms.